The van der Waals surface area contributed by atoms with Crippen molar-refractivity contribution < 1.29 is 9.18 Å². The van der Waals surface area contributed by atoms with E-state index < -0.39 is 5.82 Å². The molecule has 3 heterocycles. The first kappa shape index (κ1) is 14.5. The first-order valence-corrected chi connectivity index (χ1v) is 7.25. The van der Waals surface area contributed by atoms with Crippen molar-refractivity contribution >= 4 is 11.8 Å². The Kier molecular flexibility index (Phi) is 4.04. The highest BCUT2D eigenvalue weighted by atomic mass is 19.1. The van der Waals surface area contributed by atoms with E-state index >= 15 is 0 Å². The second-order valence-corrected chi connectivity index (χ2v) is 5.57. The fourth-order valence-electron chi connectivity index (χ4n) is 2.71. The molecule has 6 nitrogen and oxygen atoms in total. The molecule has 116 valence electrons. The zero-order valence-corrected chi connectivity index (χ0v) is 12.4. The van der Waals surface area contributed by atoms with E-state index in [1.807, 2.05) is 12.4 Å². The number of amides is 2. The lowest BCUT2D eigenvalue weighted by molar-refractivity contribution is 0.205. The lowest BCUT2D eigenvalue weighted by Crippen LogP contribution is -2.38. The van der Waals surface area contributed by atoms with Gasteiger partial charge in [-0.25, -0.2) is 19.2 Å². The quantitative estimate of drug-likeness (QED) is 0.945. The molecule has 2 aromatic rings. The number of anilines is 1. The molecule has 2 aromatic heterocycles. The maximum absolute atomic E-state index is 12.8. The van der Waals surface area contributed by atoms with Crippen molar-refractivity contribution in [2.24, 2.45) is 5.92 Å². The van der Waals surface area contributed by atoms with Crippen LogP contribution in [0.1, 0.15) is 12.2 Å². The number of hydrogen-bond acceptors (Lipinski definition) is 3. The Morgan fingerprint density at radius 3 is 3.14 bits per heavy atom. The summed E-state index contributed by atoms with van der Waals surface area (Å²) in [5.74, 6) is 1.43. The van der Waals surface area contributed by atoms with Gasteiger partial charge in [0.1, 0.15) is 17.5 Å². The van der Waals surface area contributed by atoms with Crippen LogP contribution in [0.3, 0.4) is 0 Å². The fraction of sp³-hybridized carbons (Fsp3) is 0.400. The summed E-state index contributed by atoms with van der Waals surface area (Å²) in [6.07, 6.45) is 6.83. The molecule has 1 N–H and O–H groups in total. The number of nitrogens with zero attached hydrogens (tertiary/aromatic N) is 4. The molecular formula is C15H18FN5O. The maximum Gasteiger partial charge on any atom is 0.322 e. The second-order valence-electron chi connectivity index (χ2n) is 5.57. The Labute approximate surface area is 128 Å². The van der Waals surface area contributed by atoms with Crippen LogP contribution in [0.4, 0.5) is 15.0 Å². The summed E-state index contributed by atoms with van der Waals surface area (Å²) in [4.78, 5) is 21.9. The molecule has 0 saturated carbocycles. The zero-order chi connectivity index (χ0) is 15.5. The molecule has 0 fully saturated rings. The van der Waals surface area contributed by atoms with Gasteiger partial charge in [-0.15, -0.1) is 0 Å². The molecule has 3 rings (SSSR count). The fourth-order valence-corrected chi connectivity index (χ4v) is 2.71. The number of carbonyl (C=O) groups is 1. The van der Waals surface area contributed by atoms with Crippen LogP contribution in [0.5, 0.6) is 0 Å². The minimum atomic E-state index is -0.426. The summed E-state index contributed by atoms with van der Waals surface area (Å²) in [6, 6.07) is 2.47. The molecule has 1 aliphatic heterocycles. The third-order valence-corrected chi connectivity index (χ3v) is 3.87. The summed E-state index contributed by atoms with van der Waals surface area (Å²) in [7, 11) is 1.75. The summed E-state index contributed by atoms with van der Waals surface area (Å²) < 4.78 is 14.9. The number of pyridine rings is 1. The summed E-state index contributed by atoms with van der Waals surface area (Å²) in [5.41, 5.74) is 0. The van der Waals surface area contributed by atoms with Gasteiger partial charge in [0.25, 0.3) is 0 Å². The molecule has 1 atom stereocenters. The van der Waals surface area contributed by atoms with Gasteiger partial charge in [0.2, 0.25) is 0 Å². The van der Waals surface area contributed by atoms with Crippen LogP contribution < -0.4 is 5.32 Å². The highest BCUT2D eigenvalue weighted by Crippen LogP contribution is 2.19. The molecular weight excluding hydrogens is 285 g/mol. The molecule has 22 heavy (non-hydrogen) atoms. The lowest BCUT2D eigenvalue weighted by atomic mass is 9.99. The molecule has 1 aliphatic rings. The molecule has 0 radical (unpaired) electrons. The van der Waals surface area contributed by atoms with Crippen molar-refractivity contribution in [2.75, 3.05) is 18.9 Å². The monoisotopic (exact) mass is 303 g/mol. The summed E-state index contributed by atoms with van der Waals surface area (Å²) >= 11 is 0. The predicted molar refractivity (Wildman–Crippen MR) is 79.9 cm³/mol. The highest BCUT2D eigenvalue weighted by molar-refractivity contribution is 5.88. The minimum Gasteiger partial charge on any atom is -0.335 e. The number of aryl methyl sites for hydroxylation is 1. The van der Waals surface area contributed by atoms with Crippen molar-refractivity contribution in [3.8, 4) is 0 Å². The molecule has 0 spiro atoms. The lowest BCUT2D eigenvalue weighted by Gasteiger charge is -2.28. The van der Waals surface area contributed by atoms with E-state index in [0.29, 0.717) is 18.3 Å². The van der Waals surface area contributed by atoms with Crippen LogP contribution >= 0.6 is 0 Å². The van der Waals surface area contributed by atoms with Gasteiger partial charge in [-0.05, 0) is 24.5 Å². The van der Waals surface area contributed by atoms with Gasteiger partial charge < -0.3 is 9.47 Å². The largest absolute Gasteiger partial charge is 0.335 e. The predicted octanol–water partition coefficient (Wildman–Crippen LogP) is 2.14. The Hall–Kier alpha value is -2.44. The topological polar surface area (TPSA) is 63.1 Å². The number of urea groups is 1. The van der Waals surface area contributed by atoms with Crippen LogP contribution in [0.25, 0.3) is 0 Å². The summed E-state index contributed by atoms with van der Waals surface area (Å²) in [6.45, 7) is 1.53. The normalized spacial score (nSPS) is 16.9. The van der Waals surface area contributed by atoms with E-state index in [4.69, 9.17) is 0 Å². The first-order chi connectivity index (χ1) is 10.6. The molecule has 0 unspecified atom stereocenters. The molecule has 0 saturated heterocycles. The third-order valence-electron chi connectivity index (χ3n) is 3.87. The zero-order valence-electron chi connectivity index (χ0n) is 12.4. The molecule has 2 amide bonds. The number of imidazole rings is 1. The SMILES string of the molecule is CN(C[C@H]1CCc2nccn2C1)C(=O)Nc1ccc(F)cn1. The van der Waals surface area contributed by atoms with E-state index in [-0.39, 0.29) is 6.03 Å². The molecule has 0 aliphatic carbocycles. The molecule has 7 heteroatoms. The van der Waals surface area contributed by atoms with Gasteiger partial charge in [-0.1, -0.05) is 0 Å². The van der Waals surface area contributed by atoms with Crippen molar-refractivity contribution in [3.05, 3.63) is 42.4 Å². The van der Waals surface area contributed by atoms with Gasteiger partial charge in [0.05, 0.1) is 6.20 Å². The number of hydrogen-bond donors (Lipinski definition) is 1. The van der Waals surface area contributed by atoms with Gasteiger partial charge in [0, 0.05) is 39.0 Å². The van der Waals surface area contributed by atoms with Gasteiger partial charge in [0.15, 0.2) is 0 Å². The number of halogens is 1. The number of aromatic nitrogens is 3. The van der Waals surface area contributed by atoms with E-state index in [9.17, 15) is 9.18 Å². The van der Waals surface area contributed by atoms with Crippen molar-refractivity contribution in [2.45, 2.75) is 19.4 Å². The molecule has 0 aromatic carbocycles. The Morgan fingerprint density at radius 1 is 1.50 bits per heavy atom. The first-order valence-electron chi connectivity index (χ1n) is 7.25. The van der Waals surface area contributed by atoms with Crippen molar-refractivity contribution in [3.63, 3.8) is 0 Å². The number of carbonyl (C=O) groups excluding carboxylic acids is 1. The van der Waals surface area contributed by atoms with E-state index in [0.717, 1.165) is 31.4 Å². The van der Waals surface area contributed by atoms with Crippen LogP contribution in [0, 0.1) is 11.7 Å². The van der Waals surface area contributed by atoms with Crippen molar-refractivity contribution in [1.82, 2.24) is 19.4 Å². The Balaban J connectivity index is 1.54. The smallest absolute Gasteiger partial charge is 0.322 e. The maximum atomic E-state index is 12.8. The number of rotatable bonds is 3. The Morgan fingerprint density at radius 2 is 2.36 bits per heavy atom. The standard InChI is InChI=1S/C15H18FN5O/c1-20(15(22)19-13-4-3-12(16)8-18-13)9-11-2-5-14-17-6-7-21(14)10-11/h3-4,6-8,11H,2,5,9-10H2,1H3,(H,18,19,22)/t11-/m1/s1. The minimum absolute atomic E-state index is 0.240. The van der Waals surface area contributed by atoms with Crippen LogP contribution in [-0.4, -0.2) is 39.1 Å². The van der Waals surface area contributed by atoms with Crippen LogP contribution in [0.15, 0.2) is 30.7 Å². The molecule has 0 bridgehead atoms. The van der Waals surface area contributed by atoms with Gasteiger partial charge in [-0.3, -0.25) is 5.32 Å². The summed E-state index contributed by atoms with van der Waals surface area (Å²) in [5, 5.41) is 2.66. The van der Waals surface area contributed by atoms with Gasteiger partial charge in [-0.2, -0.15) is 0 Å². The van der Waals surface area contributed by atoms with E-state index in [2.05, 4.69) is 19.9 Å². The van der Waals surface area contributed by atoms with E-state index in [1.165, 1.54) is 12.1 Å². The highest BCUT2D eigenvalue weighted by Gasteiger charge is 2.22. The van der Waals surface area contributed by atoms with Crippen LogP contribution in [0.2, 0.25) is 0 Å². The Bertz CT molecular complexity index is 654. The second kappa shape index (κ2) is 6.13. The average molecular weight is 303 g/mol. The van der Waals surface area contributed by atoms with Crippen LogP contribution in [-0.2, 0) is 13.0 Å². The average Bonchev–Trinajstić information content (AvgIpc) is 2.97. The van der Waals surface area contributed by atoms with E-state index in [1.54, 1.807) is 11.9 Å². The van der Waals surface area contributed by atoms with Gasteiger partial charge >= 0.3 is 6.03 Å². The van der Waals surface area contributed by atoms with Crippen molar-refractivity contribution in [1.29, 1.82) is 0 Å². The third kappa shape index (κ3) is 3.24. The number of fused-ring (bicyclic) bond motifs is 1. The number of nitrogens with one attached hydrogen (secondary N) is 1.